The van der Waals surface area contributed by atoms with Crippen molar-refractivity contribution in [3.63, 3.8) is 0 Å². The van der Waals surface area contributed by atoms with E-state index in [9.17, 15) is 14.7 Å². The van der Waals surface area contributed by atoms with Crippen LogP contribution in [0.25, 0.3) is 11.0 Å². The van der Waals surface area contributed by atoms with Crippen LogP contribution in [0, 0.1) is 5.92 Å². The Labute approximate surface area is 156 Å². The first-order valence-electron chi connectivity index (χ1n) is 8.98. The molecule has 0 saturated heterocycles. The largest absolute Gasteiger partial charge is 0.464 e. The van der Waals surface area contributed by atoms with Gasteiger partial charge in [0.25, 0.3) is 5.91 Å². The number of carbonyl (C=O) groups excluding carboxylic acids is 1. The second-order valence-corrected chi connectivity index (χ2v) is 6.41. The maximum absolute atomic E-state index is 13.1. The summed E-state index contributed by atoms with van der Waals surface area (Å²) in [4.78, 5) is 24.8. The summed E-state index contributed by atoms with van der Waals surface area (Å²) < 4.78 is 16.9. The lowest BCUT2D eigenvalue weighted by atomic mass is 9.81. The minimum absolute atomic E-state index is 0.000777. The van der Waals surface area contributed by atoms with Gasteiger partial charge < -0.3 is 24.7 Å². The van der Waals surface area contributed by atoms with Crippen molar-refractivity contribution < 1.29 is 23.8 Å². The van der Waals surface area contributed by atoms with Crippen molar-refractivity contribution in [1.29, 1.82) is 0 Å². The van der Waals surface area contributed by atoms with Gasteiger partial charge in [0.15, 0.2) is 11.2 Å². The fourth-order valence-electron chi connectivity index (χ4n) is 3.46. The standard InChI is InChI=1S/C20H23NO6/c1-2-25-20-12(7-5-9-22)14(10-17(27-20)19(21)24)15-11-26-16-8-4-3-6-13(16)18(15)23/h3-4,6,8,10-12,14,20,22H,2,5,7,9H2,1H3,(H2,21,24)/t12-,14-,20+/m1/s1. The van der Waals surface area contributed by atoms with Crippen LogP contribution in [-0.2, 0) is 14.3 Å². The second kappa shape index (κ2) is 8.37. The third-order valence-electron chi connectivity index (χ3n) is 4.72. The van der Waals surface area contributed by atoms with E-state index in [1.54, 1.807) is 30.3 Å². The number of carbonyl (C=O) groups is 1. The molecule has 7 nitrogen and oxygen atoms in total. The molecule has 27 heavy (non-hydrogen) atoms. The van der Waals surface area contributed by atoms with E-state index in [4.69, 9.17) is 19.6 Å². The number of para-hydroxylation sites is 1. The number of aliphatic hydroxyl groups excluding tert-OH is 1. The number of rotatable bonds is 7. The molecule has 1 aromatic heterocycles. The molecule has 0 fully saturated rings. The molecule has 3 rings (SSSR count). The Morgan fingerprint density at radius 1 is 1.33 bits per heavy atom. The van der Waals surface area contributed by atoms with E-state index in [1.807, 2.05) is 6.92 Å². The SMILES string of the molecule is CCO[C@H]1OC(C(N)=O)=C[C@@H](c2coc3ccccc3c2=O)[C@H]1CCCO. The highest BCUT2D eigenvalue weighted by molar-refractivity contribution is 5.90. The van der Waals surface area contributed by atoms with Gasteiger partial charge >= 0.3 is 0 Å². The number of primary amides is 1. The summed E-state index contributed by atoms with van der Waals surface area (Å²) in [6, 6.07) is 6.98. The number of amides is 1. The van der Waals surface area contributed by atoms with Crippen LogP contribution in [0.15, 0.2) is 51.6 Å². The zero-order valence-electron chi connectivity index (χ0n) is 15.1. The number of benzene rings is 1. The van der Waals surface area contributed by atoms with Crippen molar-refractivity contribution >= 4 is 16.9 Å². The lowest BCUT2D eigenvalue weighted by molar-refractivity contribution is -0.165. The first kappa shape index (κ1) is 19.1. The molecule has 3 atom stereocenters. The molecular formula is C20H23NO6. The predicted octanol–water partition coefficient (Wildman–Crippen LogP) is 2.03. The lowest BCUT2D eigenvalue weighted by Gasteiger charge is -2.36. The third kappa shape index (κ3) is 3.89. The number of ether oxygens (including phenoxy) is 2. The molecular weight excluding hydrogens is 350 g/mol. The molecule has 0 spiro atoms. The van der Waals surface area contributed by atoms with E-state index >= 15 is 0 Å². The van der Waals surface area contributed by atoms with E-state index in [0.717, 1.165) is 0 Å². The van der Waals surface area contributed by atoms with E-state index in [0.29, 0.717) is 36.0 Å². The van der Waals surface area contributed by atoms with Gasteiger partial charge in [-0.1, -0.05) is 12.1 Å². The first-order valence-corrected chi connectivity index (χ1v) is 8.98. The Hall–Kier alpha value is -2.64. The van der Waals surface area contributed by atoms with Crippen LogP contribution >= 0.6 is 0 Å². The first-order chi connectivity index (χ1) is 13.1. The van der Waals surface area contributed by atoms with Gasteiger partial charge in [0.2, 0.25) is 6.29 Å². The van der Waals surface area contributed by atoms with E-state index < -0.39 is 18.1 Å². The number of aliphatic hydroxyl groups is 1. The van der Waals surface area contributed by atoms with Crippen LogP contribution in [0.3, 0.4) is 0 Å². The Balaban J connectivity index is 2.12. The zero-order valence-corrected chi connectivity index (χ0v) is 15.1. The predicted molar refractivity (Wildman–Crippen MR) is 98.8 cm³/mol. The van der Waals surface area contributed by atoms with E-state index in [1.165, 1.54) is 6.26 Å². The van der Waals surface area contributed by atoms with Gasteiger partial charge in [-0.25, -0.2) is 0 Å². The molecule has 7 heteroatoms. The molecule has 0 bridgehead atoms. The molecule has 1 aliphatic rings. The third-order valence-corrected chi connectivity index (χ3v) is 4.72. The summed E-state index contributed by atoms with van der Waals surface area (Å²) in [7, 11) is 0. The normalized spacial score (nSPS) is 22.3. The van der Waals surface area contributed by atoms with Crippen molar-refractivity contribution in [2.75, 3.05) is 13.2 Å². The highest BCUT2D eigenvalue weighted by Gasteiger charge is 2.38. The molecule has 0 aliphatic carbocycles. The molecule has 1 aliphatic heterocycles. The maximum Gasteiger partial charge on any atom is 0.283 e. The zero-order chi connectivity index (χ0) is 19.4. The summed E-state index contributed by atoms with van der Waals surface area (Å²) in [6.07, 6.45) is 3.28. The quantitative estimate of drug-likeness (QED) is 0.768. The van der Waals surface area contributed by atoms with Crippen molar-refractivity contribution in [2.45, 2.75) is 32.0 Å². The van der Waals surface area contributed by atoms with Gasteiger partial charge in [-0.3, -0.25) is 9.59 Å². The summed E-state index contributed by atoms with van der Waals surface area (Å²) in [5.74, 6) is -1.52. The smallest absolute Gasteiger partial charge is 0.283 e. The Morgan fingerprint density at radius 2 is 2.11 bits per heavy atom. The molecule has 3 N–H and O–H groups in total. The van der Waals surface area contributed by atoms with Crippen LogP contribution < -0.4 is 11.2 Å². The summed E-state index contributed by atoms with van der Waals surface area (Å²) in [5, 5.41) is 9.72. The van der Waals surface area contributed by atoms with E-state index in [-0.39, 0.29) is 23.7 Å². The van der Waals surface area contributed by atoms with Crippen LogP contribution in [0.1, 0.15) is 31.2 Å². The summed E-state index contributed by atoms with van der Waals surface area (Å²) in [5.41, 5.74) is 6.13. The fourth-order valence-corrected chi connectivity index (χ4v) is 3.46. The molecule has 2 aromatic rings. The van der Waals surface area contributed by atoms with Crippen LogP contribution in [0.5, 0.6) is 0 Å². The fraction of sp³-hybridized carbons (Fsp3) is 0.400. The van der Waals surface area contributed by atoms with Crippen molar-refractivity contribution in [1.82, 2.24) is 0 Å². The molecule has 1 aromatic carbocycles. The van der Waals surface area contributed by atoms with Crippen LogP contribution in [0.4, 0.5) is 0 Å². The molecule has 1 amide bonds. The summed E-state index contributed by atoms with van der Waals surface area (Å²) >= 11 is 0. The highest BCUT2D eigenvalue weighted by atomic mass is 16.7. The molecule has 0 unspecified atom stereocenters. The minimum atomic E-state index is -0.745. The monoisotopic (exact) mass is 373 g/mol. The molecule has 0 radical (unpaired) electrons. The van der Waals surface area contributed by atoms with E-state index in [2.05, 4.69) is 0 Å². The van der Waals surface area contributed by atoms with Gasteiger partial charge in [-0.05, 0) is 38.0 Å². The van der Waals surface area contributed by atoms with Gasteiger partial charge in [0, 0.05) is 30.6 Å². The van der Waals surface area contributed by atoms with Crippen LogP contribution in [0.2, 0.25) is 0 Å². The summed E-state index contributed by atoms with van der Waals surface area (Å²) in [6.45, 7) is 2.18. The van der Waals surface area contributed by atoms with Gasteiger partial charge in [0.05, 0.1) is 11.6 Å². The molecule has 2 heterocycles. The number of hydrogen-bond donors (Lipinski definition) is 2. The minimum Gasteiger partial charge on any atom is -0.464 e. The Bertz CT molecular complexity index is 903. The second-order valence-electron chi connectivity index (χ2n) is 6.41. The highest BCUT2D eigenvalue weighted by Crippen LogP contribution is 2.38. The van der Waals surface area contributed by atoms with Crippen LogP contribution in [-0.4, -0.2) is 30.5 Å². The van der Waals surface area contributed by atoms with Gasteiger partial charge in [-0.2, -0.15) is 0 Å². The number of allylic oxidation sites excluding steroid dienone is 1. The molecule has 144 valence electrons. The number of nitrogens with two attached hydrogens (primary N) is 1. The number of hydrogen-bond acceptors (Lipinski definition) is 6. The lowest BCUT2D eigenvalue weighted by Crippen LogP contribution is -2.39. The number of fused-ring (bicyclic) bond motifs is 1. The Morgan fingerprint density at radius 3 is 2.81 bits per heavy atom. The maximum atomic E-state index is 13.1. The van der Waals surface area contributed by atoms with Gasteiger partial charge in [0.1, 0.15) is 5.58 Å². The van der Waals surface area contributed by atoms with Gasteiger partial charge in [-0.15, -0.1) is 0 Å². The average molecular weight is 373 g/mol. The topological polar surface area (TPSA) is 112 Å². The van der Waals surface area contributed by atoms with Crippen molar-refractivity contribution in [3.05, 3.63) is 58.2 Å². The van der Waals surface area contributed by atoms with Crippen molar-refractivity contribution in [3.8, 4) is 0 Å². The average Bonchev–Trinajstić information content (AvgIpc) is 2.67. The molecule has 0 saturated carbocycles. The van der Waals surface area contributed by atoms with Crippen molar-refractivity contribution in [2.24, 2.45) is 11.7 Å². The Kier molecular flexibility index (Phi) is 5.93.